The summed E-state index contributed by atoms with van der Waals surface area (Å²) in [5, 5.41) is -0.867. The predicted octanol–water partition coefficient (Wildman–Crippen LogP) is 5.51. The Labute approximate surface area is 252 Å². The largest absolute Gasteiger partial charge is 0.463 e. The van der Waals surface area contributed by atoms with Crippen molar-refractivity contribution in [2.75, 3.05) is 5.75 Å². The van der Waals surface area contributed by atoms with Crippen LogP contribution in [0, 0.1) is 52.3 Å². The number of ether oxygens (including phenoxy) is 3. The van der Waals surface area contributed by atoms with Gasteiger partial charge in [0.15, 0.2) is 9.84 Å². The van der Waals surface area contributed by atoms with E-state index in [1.54, 1.807) is 0 Å². The summed E-state index contributed by atoms with van der Waals surface area (Å²) in [5.74, 6) is -0.603. The Morgan fingerprint density at radius 3 is 2.31 bits per heavy atom. The van der Waals surface area contributed by atoms with Crippen molar-refractivity contribution in [3.05, 3.63) is 0 Å². The predicted molar refractivity (Wildman–Crippen MR) is 158 cm³/mol. The van der Waals surface area contributed by atoms with Gasteiger partial charge in [-0.05, 0) is 92.3 Å². The normalized spacial score (nSPS) is 45.0. The molecule has 42 heavy (non-hydrogen) atoms. The lowest BCUT2D eigenvalue weighted by Crippen LogP contribution is -2.71. The quantitative estimate of drug-likeness (QED) is 0.287. The van der Waals surface area contributed by atoms with Crippen molar-refractivity contribution in [3.63, 3.8) is 0 Å². The van der Waals surface area contributed by atoms with E-state index >= 15 is 0 Å². The van der Waals surface area contributed by atoms with Crippen LogP contribution in [0.25, 0.3) is 0 Å². The number of fused-ring (bicyclic) bond motifs is 4. The topological polar surface area (TPSA) is 113 Å². The van der Waals surface area contributed by atoms with Gasteiger partial charge in [0.2, 0.25) is 0 Å². The molecule has 0 aromatic heterocycles. The van der Waals surface area contributed by atoms with Gasteiger partial charge in [-0.3, -0.25) is 14.4 Å². The van der Waals surface area contributed by atoms with Gasteiger partial charge >= 0.3 is 17.9 Å². The zero-order valence-corrected chi connectivity index (χ0v) is 27.4. The van der Waals surface area contributed by atoms with Crippen LogP contribution in [0.1, 0.15) is 106 Å². The number of carbonyl (C=O) groups excluding carboxylic acids is 3. The van der Waals surface area contributed by atoms with Crippen LogP contribution in [0.5, 0.6) is 0 Å². The first-order valence-electron chi connectivity index (χ1n) is 16.3. The van der Waals surface area contributed by atoms with Crippen LogP contribution in [0.15, 0.2) is 0 Å². The number of hydrogen-bond acceptors (Lipinski definition) is 8. The Morgan fingerprint density at radius 2 is 1.67 bits per heavy atom. The standard InChI is InChI=1S/C33H52O8S/c1-18(2)13-15-42(37,38)30-29-28(25-10-9-24-19(3)8-11-27(36)41-31(30)33(24,25)7)26(40-21(5)35)17-22-16-23(39-20(4)34)12-14-32(22,29)6/h18-19,22-26,28-31H,8-17H2,1-7H3/t19-,22+,23-,24-,25+,26-,28-,29-,30-,31+,32+,33-/m1/s1. The number of esters is 3. The summed E-state index contributed by atoms with van der Waals surface area (Å²) in [4.78, 5) is 37.7. The molecule has 8 nitrogen and oxygen atoms in total. The maximum atomic E-state index is 14.7. The van der Waals surface area contributed by atoms with Crippen LogP contribution in [-0.4, -0.2) is 55.6 Å². The van der Waals surface area contributed by atoms with E-state index in [1.807, 2.05) is 13.8 Å². The van der Waals surface area contributed by atoms with Crippen molar-refractivity contribution in [2.45, 2.75) is 130 Å². The van der Waals surface area contributed by atoms with Crippen molar-refractivity contribution >= 4 is 27.7 Å². The Balaban J connectivity index is 1.70. The number of rotatable bonds is 6. The van der Waals surface area contributed by atoms with E-state index in [2.05, 4.69) is 20.8 Å². The number of hydrogen-bond donors (Lipinski definition) is 0. The molecule has 1 aliphatic heterocycles. The second-order valence-electron chi connectivity index (χ2n) is 15.3. The average Bonchev–Trinajstić information content (AvgIpc) is 3.24. The molecule has 5 aliphatic rings. The molecule has 0 radical (unpaired) electrons. The van der Waals surface area contributed by atoms with E-state index in [0.29, 0.717) is 38.5 Å². The van der Waals surface area contributed by atoms with Crippen LogP contribution in [-0.2, 0) is 38.4 Å². The minimum atomic E-state index is -3.72. The zero-order chi connectivity index (χ0) is 30.8. The fourth-order valence-corrected chi connectivity index (χ4v) is 13.4. The van der Waals surface area contributed by atoms with Gasteiger partial charge in [-0.1, -0.05) is 34.6 Å². The van der Waals surface area contributed by atoms with E-state index < -0.39 is 38.1 Å². The van der Waals surface area contributed by atoms with E-state index in [4.69, 9.17) is 14.2 Å². The van der Waals surface area contributed by atoms with Crippen LogP contribution < -0.4 is 0 Å². The fourth-order valence-electron chi connectivity index (χ4n) is 10.7. The van der Waals surface area contributed by atoms with Gasteiger partial charge in [0.25, 0.3) is 0 Å². The van der Waals surface area contributed by atoms with E-state index in [9.17, 15) is 22.8 Å². The summed E-state index contributed by atoms with van der Waals surface area (Å²) < 4.78 is 47.7. The Hall–Kier alpha value is -1.64. The molecule has 0 N–H and O–H groups in total. The molecule has 0 aromatic carbocycles. The van der Waals surface area contributed by atoms with Gasteiger partial charge in [-0.2, -0.15) is 0 Å². The zero-order valence-electron chi connectivity index (χ0n) is 26.6. The molecule has 4 saturated carbocycles. The minimum Gasteiger partial charge on any atom is -0.463 e. The molecule has 4 aliphatic carbocycles. The van der Waals surface area contributed by atoms with Gasteiger partial charge in [0, 0.05) is 31.6 Å². The maximum Gasteiger partial charge on any atom is 0.306 e. The van der Waals surface area contributed by atoms with Crippen molar-refractivity contribution in [1.82, 2.24) is 0 Å². The summed E-state index contributed by atoms with van der Waals surface area (Å²) in [6.45, 7) is 13.5. The van der Waals surface area contributed by atoms with Gasteiger partial charge in [-0.15, -0.1) is 0 Å². The Kier molecular flexibility index (Phi) is 8.60. The minimum absolute atomic E-state index is 0.00809. The van der Waals surface area contributed by atoms with E-state index in [0.717, 1.165) is 19.3 Å². The van der Waals surface area contributed by atoms with E-state index in [-0.39, 0.29) is 71.2 Å². The summed E-state index contributed by atoms with van der Waals surface area (Å²) in [6.07, 6.45) is 4.67. The summed E-state index contributed by atoms with van der Waals surface area (Å²) in [6, 6.07) is 0. The van der Waals surface area contributed by atoms with Crippen molar-refractivity contribution in [2.24, 2.45) is 52.3 Å². The molecule has 1 saturated heterocycles. The third kappa shape index (κ3) is 5.32. The second-order valence-corrected chi connectivity index (χ2v) is 17.6. The molecule has 5 rings (SSSR count). The van der Waals surface area contributed by atoms with Crippen LogP contribution >= 0.6 is 0 Å². The van der Waals surface area contributed by atoms with Gasteiger partial charge in [0.1, 0.15) is 23.6 Å². The lowest BCUT2D eigenvalue weighted by Gasteiger charge is -2.66. The molecular formula is C33H52O8S. The first-order chi connectivity index (χ1) is 19.6. The lowest BCUT2D eigenvalue weighted by atomic mass is 9.42. The summed E-state index contributed by atoms with van der Waals surface area (Å²) in [5.41, 5.74) is -0.921. The molecular weight excluding hydrogens is 556 g/mol. The Morgan fingerprint density at radius 1 is 1.00 bits per heavy atom. The second kappa shape index (κ2) is 11.4. The van der Waals surface area contributed by atoms with Crippen LogP contribution in [0.3, 0.4) is 0 Å². The molecule has 0 spiro atoms. The van der Waals surface area contributed by atoms with Crippen molar-refractivity contribution < 1.29 is 37.0 Å². The third-order valence-corrected chi connectivity index (χ3v) is 14.7. The van der Waals surface area contributed by atoms with Crippen LogP contribution in [0.4, 0.5) is 0 Å². The molecule has 0 amide bonds. The highest BCUT2D eigenvalue weighted by atomic mass is 32.2. The summed E-state index contributed by atoms with van der Waals surface area (Å²) in [7, 11) is -3.72. The van der Waals surface area contributed by atoms with Crippen molar-refractivity contribution in [3.8, 4) is 0 Å². The van der Waals surface area contributed by atoms with Gasteiger partial charge < -0.3 is 14.2 Å². The molecule has 5 fully saturated rings. The first kappa shape index (κ1) is 31.8. The van der Waals surface area contributed by atoms with Gasteiger partial charge in [-0.25, -0.2) is 8.42 Å². The molecule has 0 aromatic rings. The highest BCUT2D eigenvalue weighted by Gasteiger charge is 2.73. The lowest BCUT2D eigenvalue weighted by molar-refractivity contribution is -0.225. The molecule has 9 heteroatoms. The molecule has 1 heterocycles. The number of sulfone groups is 1. The Bertz CT molecular complexity index is 1180. The van der Waals surface area contributed by atoms with E-state index in [1.165, 1.54) is 13.8 Å². The summed E-state index contributed by atoms with van der Waals surface area (Å²) >= 11 is 0. The first-order valence-corrected chi connectivity index (χ1v) is 18.1. The molecule has 238 valence electrons. The number of carbonyl (C=O) groups is 3. The van der Waals surface area contributed by atoms with Crippen LogP contribution in [0.2, 0.25) is 0 Å². The molecule has 0 unspecified atom stereocenters. The highest BCUT2D eigenvalue weighted by Crippen LogP contribution is 2.70. The van der Waals surface area contributed by atoms with Crippen molar-refractivity contribution in [1.29, 1.82) is 0 Å². The highest BCUT2D eigenvalue weighted by molar-refractivity contribution is 7.92. The SMILES string of the molecule is CC(=O)O[C@@H]1CC[C@@]2(C)[C@@H](C1)C[C@@H](OC(C)=O)[C@@H]1[C@@H]2[C@@H](S(=O)(=O)CCC(C)C)[C@@H]2OC(=O)CC[C@@H](C)[C@H]3CC[C@@H]1[C@@]32C. The molecule has 12 atom stereocenters. The average molecular weight is 609 g/mol. The fraction of sp³-hybridized carbons (Fsp3) is 0.909. The monoisotopic (exact) mass is 608 g/mol. The molecule has 0 bridgehead atoms. The maximum absolute atomic E-state index is 14.7. The third-order valence-electron chi connectivity index (χ3n) is 12.5. The van der Waals surface area contributed by atoms with Gasteiger partial charge in [0.05, 0.1) is 5.75 Å². The smallest absolute Gasteiger partial charge is 0.306 e.